The molecule has 1 N–H and O–H groups in total. The number of fused-ring (bicyclic) bond motifs is 1. The summed E-state index contributed by atoms with van der Waals surface area (Å²) in [5, 5.41) is 9.09. The Kier molecular flexibility index (Phi) is 3.65. The number of carboxylic acids is 1. The molecule has 0 aliphatic carbocycles. The highest BCUT2D eigenvalue weighted by molar-refractivity contribution is 5.92. The number of likely N-dealkylation sites (N-methyl/N-ethyl adjacent to an activating group) is 1. The lowest BCUT2D eigenvalue weighted by Crippen LogP contribution is -2.44. The summed E-state index contributed by atoms with van der Waals surface area (Å²) in [6, 6.07) is 5.09. The first-order valence-corrected chi connectivity index (χ1v) is 7.14. The summed E-state index contributed by atoms with van der Waals surface area (Å²) in [6.07, 6.45) is 0. The summed E-state index contributed by atoms with van der Waals surface area (Å²) in [5.41, 5.74) is 2.03. The molecule has 0 spiro atoms. The number of aromatic nitrogens is 2. The molecular weight excluding hydrogens is 268 g/mol. The molecule has 6 heteroatoms. The maximum Gasteiger partial charge on any atom is 0.335 e. The largest absolute Gasteiger partial charge is 0.478 e. The number of carbonyl (C=O) groups is 1. The molecule has 1 saturated heterocycles. The zero-order chi connectivity index (χ0) is 15.0. The molecule has 1 fully saturated rings. The Hall–Kier alpha value is -1.92. The summed E-state index contributed by atoms with van der Waals surface area (Å²) in [4.78, 5) is 20.4. The van der Waals surface area contributed by atoms with E-state index in [1.165, 1.54) is 0 Å². The molecule has 1 aliphatic rings. The average molecular weight is 288 g/mol. The molecule has 0 saturated carbocycles. The minimum absolute atomic E-state index is 0.302. The number of benzene rings is 1. The van der Waals surface area contributed by atoms with E-state index in [9.17, 15) is 4.79 Å². The van der Waals surface area contributed by atoms with E-state index in [0.717, 1.165) is 49.6 Å². The van der Waals surface area contributed by atoms with Crippen LogP contribution in [0.3, 0.4) is 0 Å². The van der Waals surface area contributed by atoms with E-state index in [1.54, 1.807) is 18.2 Å². The van der Waals surface area contributed by atoms with Gasteiger partial charge in [-0.05, 0) is 25.2 Å². The minimum atomic E-state index is -0.904. The fourth-order valence-electron chi connectivity index (χ4n) is 2.72. The molecule has 1 aromatic carbocycles. The van der Waals surface area contributed by atoms with Crippen LogP contribution in [0.5, 0.6) is 0 Å². The van der Waals surface area contributed by atoms with E-state index < -0.39 is 5.97 Å². The van der Waals surface area contributed by atoms with Gasteiger partial charge >= 0.3 is 5.97 Å². The molecule has 6 nitrogen and oxygen atoms in total. The monoisotopic (exact) mass is 288 g/mol. The van der Waals surface area contributed by atoms with Crippen LogP contribution in [-0.4, -0.2) is 63.7 Å². The van der Waals surface area contributed by atoms with Crippen LogP contribution in [0, 0.1) is 0 Å². The van der Waals surface area contributed by atoms with Gasteiger partial charge in [-0.25, -0.2) is 9.78 Å². The number of piperazine rings is 1. The predicted molar refractivity (Wildman–Crippen MR) is 80.4 cm³/mol. The van der Waals surface area contributed by atoms with Crippen LogP contribution in [-0.2, 0) is 13.6 Å². The molecule has 0 unspecified atom stereocenters. The van der Waals surface area contributed by atoms with Gasteiger partial charge in [0.25, 0.3) is 0 Å². The number of aromatic carboxylic acids is 1. The maximum atomic E-state index is 11.1. The van der Waals surface area contributed by atoms with Gasteiger partial charge in [0.2, 0.25) is 0 Å². The van der Waals surface area contributed by atoms with E-state index in [4.69, 9.17) is 5.11 Å². The maximum absolute atomic E-state index is 11.1. The topological polar surface area (TPSA) is 61.6 Å². The second-order valence-electron chi connectivity index (χ2n) is 5.68. The Bertz CT molecular complexity index is 672. The summed E-state index contributed by atoms with van der Waals surface area (Å²) in [7, 11) is 4.09. The van der Waals surface area contributed by atoms with Crippen LogP contribution < -0.4 is 0 Å². The van der Waals surface area contributed by atoms with Crippen molar-refractivity contribution in [2.45, 2.75) is 6.54 Å². The van der Waals surface area contributed by atoms with E-state index in [1.807, 2.05) is 11.6 Å². The smallest absolute Gasteiger partial charge is 0.335 e. The number of hydrogen-bond acceptors (Lipinski definition) is 4. The Morgan fingerprint density at radius 3 is 2.62 bits per heavy atom. The van der Waals surface area contributed by atoms with Crippen LogP contribution in [0.25, 0.3) is 11.0 Å². The lowest BCUT2D eigenvalue weighted by molar-refractivity contribution is 0.0697. The second kappa shape index (κ2) is 5.46. The second-order valence-corrected chi connectivity index (χ2v) is 5.68. The SMILES string of the molecule is CN1CCN(Cc2nc3ccc(C(=O)O)cc3n2C)CC1. The fourth-order valence-corrected chi connectivity index (χ4v) is 2.72. The third-order valence-corrected chi connectivity index (χ3v) is 4.18. The van der Waals surface area contributed by atoms with Crippen LogP contribution in [0.1, 0.15) is 16.2 Å². The van der Waals surface area contributed by atoms with Crippen LogP contribution in [0.2, 0.25) is 0 Å². The van der Waals surface area contributed by atoms with E-state index in [0.29, 0.717) is 5.56 Å². The van der Waals surface area contributed by atoms with Crippen molar-refractivity contribution in [3.8, 4) is 0 Å². The van der Waals surface area contributed by atoms with Crippen molar-refractivity contribution in [1.82, 2.24) is 19.4 Å². The Labute approximate surface area is 123 Å². The zero-order valence-corrected chi connectivity index (χ0v) is 12.4. The molecule has 0 radical (unpaired) electrons. The first-order valence-electron chi connectivity index (χ1n) is 7.14. The van der Waals surface area contributed by atoms with Gasteiger partial charge in [-0.15, -0.1) is 0 Å². The normalized spacial score (nSPS) is 17.4. The molecule has 2 aromatic rings. The highest BCUT2D eigenvalue weighted by Gasteiger charge is 2.17. The fraction of sp³-hybridized carbons (Fsp3) is 0.467. The Morgan fingerprint density at radius 1 is 1.24 bits per heavy atom. The molecule has 0 amide bonds. The lowest BCUT2D eigenvalue weighted by atomic mass is 10.2. The molecule has 112 valence electrons. The van der Waals surface area contributed by atoms with E-state index in [-0.39, 0.29) is 0 Å². The molecule has 3 rings (SSSR count). The third-order valence-electron chi connectivity index (χ3n) is 4.18. The van der Waals surface area contributed by atoms with Gasteiger partial charge in [-0.3, -0.25) is 4.90 Å². The summed E-state index contributed by atoms with van der Waals surface area (Å²) in [5.74, 6) is 0.0795. The zero-order valence-electron chi connectivity index (χ0n) is 12.4. The van der Waals surface area contributed by atoms with Gasteiger partial charge in [-0.2, -0.15) is 0 Å². The van der Waals surface area contributed by atoms with Crippen molar-refractivity contribution in [3.05, 3.63) is 29.6 Å². The van der Waals surface area contributed by atoms with Gasteiger partial charge in [0.05, 0.1) is 23.1 Å². The summed E-state index contributed by atoms with van der Waals surface area (Å²) < 4.78 is 2.00. The summed E-state index contributed by atoms with van der Waals surface area (Å²) >= 11 is 0. The minimum Gasteiger partial charge on any atom is -0.478 e. The summed E-state index contributed by atoms with van der Waals surface area (Å²) in [6.45, 7) is 5.04. The number of aryl methyl sites for hydroxylation is 1. The van der Waals surface area contributed by atoms with Crippen molar-refractivity contribution >= 4 is 17.0 Å². The predicted octanol–water partition coefficient (Wildman–Crippen LogP) is 1.02. The number of imidazole rings is 1. The molecular formula is C15H20N4O2. The number of rotatable bonds is 3. The number of hydrogen-bond donors (Lipinski definition) is 1. The van der Waals surface area contributed by atoms with Gasteiger partial charge in [0.1, 0.15) is 5.82 Å². The molecule has 1 aliphatic heterocycles. The first-order chi connectivity index (χ1) is 10.0. The molecule has 21 heavy (non-hydrogen) atoms. The van der Waals surface area contributed by atoms with Crippen LogP contribution >= 0.6 is 0 Å². The lowest BCUT2D eigenvalue weighted by Gasteiger charge is -2.31. The van der Waals surface area contributed by atoms with Gasteiger partial charge in [0.15, 0.2) is 0 Å². The number of nitrogens with zero attached hydrogens (tertiary/aromatic N) is 4. The van der Waals surface area contributed by atoms with Crippen LogP contribution in [0.15, 0.2) is 18.2 Å². The van der Waals surface area contributed by atoms with Gasteiger partial charge in [0, 0.05) is 33.2 Å². The van der Waals surface area contributed by atoms with Crippen LogP contribution in [0.4, 0.5) is 0 Å². The third kappa shape index (κ3) is 2.77. The quantitative estimate of drug-likeness (QED) is 0.913. The highest BCUT2D eigenvalue weighted by atomic mass is 16.4. The molecule has 0 bridgehead atoms. The average Bonchev–Trinajstić information content (AvgIpc) is 2.77. The van der Waals surface area contributed by atoms with Crippen molar-refractivity contribution in [2.24, 2.45) is 7.05 Å². The standard InChI is InChI=1S/C15H20N4O2/c1-17-5-7-19(8-6-17)10-14-16-12-4-3-11(15(20)21)9-13(12)18(14)2/h3-4,9H,5-8,10H2,1-2H3,(H,20,21). The number of carboxylic acid groups (broad SMARTS) is 1. The Morgan fingerprint density at radius 2 is 1.95 bits per heavy atom. The van der Waals surface area contributed by atoms with Crippen molar-refractivity contribution < 1.29 is 9.90 Å². The first kappa shape index (κ1) is 14.0. The van der Waals surface area contributed by atoms with Crippen molar-refractivity contribution in [3.63, 3.8) is 0 Å². The molecule has 1 aromatic heterocycles. The van der Waals surface area contributed by atoms with E-state index in [2.05, 4.69) is 21.8 Å². The van der Waals surface area contributed by atoms with Crippen molar-refractivity contribution in [1.29, 1.82) is 0 Å². The molecule has 0 atom stereocenters. The highest BCUT2D eigenvalue weighted by Crippen LogP contribution is 2.18. The molecule has 2 heterocycles. The van der Waals surface area contributed by atoms with Gasteiger partial charge in [-0.1, -0.05) is 0 Å². The Balaban J connectivity index is 1.86. The van der Waals surface area contributed by atoms with Gasteiger partial charge < -0.3 is 14.6 Å². The van der Waals surface area contributed by atoms with Crippen molar-refractivity contribution in [2.75, 3.05) is 33.2 Å². The van der Waals surface area contributed by atoms with E-state index >= 15 is 0 Å².